The quantitative estimate of drug-likeness (QED) is 0.816. The molecule has 2 rings (SSSR count). The van der Waals surface area contributed by atoms with Gasteiger partial charge in [0.1, 0.15) is 0 Å². The van der Waals surface area contributed by atoms with Gasteiger partial charge >= 0.3 is 0 Å². The van der Waals surface area contributed by atoms with Crippen molar-refractivity contribution in [1.29, 1.82) is 0 Å². The molecule has 0 aliphatic heterocycles. The molecule has 0 atom stereocenters. The van der Waals surface area contributed by atoms with Gasteiger partial charge in [-0.15, -0.1) is 0 Å². The van der Waals surface area contributed by atoms with E-state index in [9.17, 15) is 0 Å². The van der Waals surface area contributed by atoms with Crippen LogP contribution in [0.4, 0.5) is 11.6 Å². The number of halogens is 1. The van der Waals surface area contributed by atoms with Gasteiger partial charge in [-0.3, -0.25) is 0 Å². The molecule has 0 aliphatic carbocycles. The van der Waals surface area contributed by atoms with E-state index in [0.717, 1.165) is 22.9 Å². The second kappa shape index (κ2) is 3.95. The van der Waals surface area contributed by atoms with Gasteiger partial charge in [-0.05, 0) is 31.5 Å². The van der Waals surface area contributed by atoms with Crippen molar-refractivity contribution in [2.24, 2.45) is 0 Å². The summed E-state index contributed by atoms with van der Waals surface area (Å²) < 4.78 is 0. The van der Waals surface area contributed by atoms with Crippen molar-refractivity contribution in [3.63, 3.8) is 0 Å². The predicted molar refractivity (Wildman–Crippen MR) is 62.8 cm³/mol. The summed E-state index contributed by atoms with van der Waals surface area (Å²) in [6, 6.07) is 5.73. The number of aromatic amines is 1. The maximum absolute atomic E-state index is 5.92. The third kappa shape index (κ3) is 2.30. The second-order valence-corrected chi connectivity index (χ2v) is 3.94. The fourth-order valence-electron chi connectivity index (χ4n) is 1.33. The Kier molecular flexibility index (Phi) is 2.64. The molecular weight excluding hydrogens is 210 g/mol. The fraction of sp³-hybridized carbons (Fsp3) is 0.182. The van der Waals surface area contributed by atoms with Gasteiger partial charge in [0.15, 0.2) is 0 Å². The van der Waals surface area contributed by atoms with Crippen LogP contribution in [-0.2, 0) is 0 Å². The monoisotopic (exact) mass is 221 g/mol. The van der Waals surface area contributed by atoms with E-state index < -0.39 is 0 Å². The van der Waals surface area contributed by atoms with Gasteiger partial charge in [0.05, 0.1) is 0 Å². The number of nitrogens with zero attached hydrogens (tertiary/aromatic N) is 1. The van der Waals surface area contributed by atoms with Crippen molar-refractivity contribution >= 4 is 23.2 Å². The van der Waals surface area contributed by atoms with Gasteiger partial charge in [0.2, 0.25) is 5.95 Å². The maximum atomic E-state index is 5.92. The summed E-state index contributed by atoms with van der Waals surface area (Å²) in [5, 5.41) is 3.90. The molecule has 78 valence electrons. The first kappa shape index (κ1) is 10.1. The second-order valence-electron chi connectivity index (χ2n) is 3.50. The number of rotatable bonds is 2. The summed E-state index contributed by atoms with van der Waals surface area (Å²) in [5.41, 5.74) is 3.13. The molecule has 3 nitrogen and oxygen atoms in total. The van der Waals surface area contributed by atoms with Crippen LogP contribution in [-0.4, -0.2) is 9.97 Å². The van der Waals surface area contributed by atoms with Gasteiger partial charge in [-0.2, -0.15) is 0 Å². The zero-order valence-corrected chi connectivity index (χ0v) is 9.39. The fourth-order valence-corrected chi connectivity index (χ4v) is 1.50. The van der Waals surface area contributed by atoms with Crippen LogP contribution in [0, 0.1) is 13.8 Å². The summed E-state index contributed by atoms with van der Waals surface area (Å²) in [6.45, 7) is 3.98. The number of hydrogen-bond donors (Lipinski definition) is 2. The zero-order chi connectivity index (χ0) is 10.8. The Balaban J connectivity index is 2.27. The molecule has 0 saturated carbocycles. The molecule has 0 radical (unpaired) electrons. The average Bonchev–Trinajstić information content (AvgIpc) is 2.58. The Morgan fingerprint density at radius 1 is 1.33 bits per heavy atom. The highest BCUT2D eigenvalue weighted by atomic mass is 35.5. The molecule has 0 aliphatic rings. The number of imidazole rings is 1. The first-order valence-corrected chi connectivity index (χ1v) is 5.08. The first-order valence-electron chi connectivity index (χ1n) is 4.70. The Labute approximate surface area is 93.5 Å². The van der Waals surface area contributed by atoms with Crippen LogP contribution in [0.1, 0.15) is 11.3 Å². The molecule has 2 aromatic rings. The number of benzene rings is 1. The maximum Gasteiger partial charge on any atom is 0.204 e. The number of nitrogens with one attached hydrogen (secondary N) is 2. The third-order valence-electron chi connectivity index (χ3n) is 2.16. The highest BCUT2D eigenvalue weighted by molar-refractivity contribution is 6.30. The Bertz CT molecular complexity index is 476. The number of H-pyrrole nitrogens is 1. The highest BCUT2D eigenvalue weighted by Gasteiger charge is 2.02. The SMILES string of the molecule is Cc1cnc(Nc2cc(Cl)ccc2C)[nH]1. The first-order chi connectivity index (χ1) is 7.15. The number of anilines is 2. The molecule has 15 heavy (non-hydrogen) atoms. The van der Waals surface area contributed by atoms with Crippen molar-refractivity contribution < 1.29 is 0 Å². The zero-order valence-electron chi connectivity index (χ0n) is 8.63. The van der Waals surface area contributed by atoms with Crippen molar-refractivity contribution in [3.8, 4) is 0 Å². The van der Waals surface area contributed by atoms with Gasteiger partial charge in [-0.25, -0.2) is 4.98 Å². The minimum Gasteiger partial charge on any atom is -0.328 e. The molecule has 0 amide bonds. The molecule has 1 aromatic heterocycles. The minimum atomic E-state index is 0.714. The summed E-state index contributed by atoms with van der Waals surface area (Å²) in [4.78, 5) is 7.28. The smallest absolute Gasteiger partial charge is 0.204 e. The molecule has 2 N–H and O–H groups in total. The van der Waals surface area contributed by atoms with Crippen LogP contribution in [0.3, 0.4) is 0 Å². The van der Waals surface area contributed by atoms with Crippen LogP contribution < -0.4 is 5.32 Å². The van der Waals surface area contributed by atoms with Crippen molar-refractivity contribution in [2.45, 2.75) is 13.8 Å². The third-order valence-corrected chi connectivity index (χ3v) is 2.39. The van der Waals surface area contributed by atoms with Gasteiger partial charge < -0.3 is 10.3 Å². The van der Waals surface area contributed by atoms with Crippen LogP contribution in [0.15, 0.2) is 24.4 Å². The molecule has 0 unspecified atom stereocenters. The molecule has 0 fully saturated rings. The van der Waals surface area contributed by atoms with E-state index in [-0.39, 0.29) is 0 Å². The minimum absolute atomic E-state index is 0.714. The molecular formula is C11H12ClN3. The van der Waals surface area contributed by atoms with E-state index in [4.69, 9.17) is 11.6 Å². The van der Waals surface area contributed by atoms with Crippen molar-refractivity contribution in [3.05, 3.63) is 40.7 Å². The Morgan fingerprint density at radius 2 is 2.13 bits per heavy atom. The van der Waals surface area contributed by atoms with E-state index in [1.807, 2.05) is 32.0 Å². The number of aromatic nitrogens is 2. The molecule has 1 aromatic carbocycles. The van der Waals surface area contributed by atoms with Gasteiger partial charge in [0.25, 0.3) is 0 Å². The highest BCUT2D eigenvalue weighted by Crippen LogP contribution is 2.22. The number of hydrogen-bond acceptors (Lipinski definition) is 2. The summed E-state index contributed by atoms with van der Waals surface area (Å²) >= 11 is 5.92. The molecule has 0 saturated heterocycles. The van der Waals surface area contributed by atoms with E-state index in [1.54, 1.807) is 6.20 Å². The average molecular weight is 222 g/mol. The van der Waals surface area contributed by atoms with Gasteiger partial charge in [0, 0.05) is 22.6 Å². The molecule has 1 heterocycles. The molecule has 4 heteroatoms. The lowest BCUT2D eigenvalue weighted by atomic mass is 10.2. The summed E-state index contributed by atoms with van der Waals surface area (Å²) in [5.74, 6) is 0.734. The van der Waals surface area contributed by atoms with Gasteiger partial charge in [-0.1, -0.05) is 17.7 Å². The molecule has 0 bridgehead atoms. The van der Waals surface area contributed by atoms with Crippen LogP contribution >= 0.6 is 11.6 Å². The van der Waals surface area contributed by atoms with Crippen LogP contribution in [0.2, 0.25) is 5.02 Å². The lowest BCUT2D eigenvalue weighted by Crippen LogP contribution is -1.94. The van der Waals surface area contributed by atoms with Crippen molar-refractivity contribution in [2.75, 3.05) is 5.32 Å². The summed E-state index contributed by atoms with van der Waals surface area (Å²) in [6.07, 6.45) is 1.78. The van der Waals surface area contributed by atoms with Crippen LogP contribution in [0.25, 0.3) is 0 Å². The predicted octanol–water partition coefficient (Wildman–Crippen LogP) is 3.42. The largest absolute Gasteiger partial charge is 0.328 e. The topological polar surface area (TPSA) is 40.7 Å². The Hall–Kier alpha value is -1.48. The standard InChI is InChI=1S/C11H12ClN3/c1-7-3-4-9(12)5-10(7)15-11-13-6-8(2)14-11/h3-6H,1-2H3,(H2,13,14,15). The molecule has 0 spiro atoms. The van der Waals surface area contributed by atoms with E-state index in [0.29, 0.717) is 5.02 Å². The van der Waals surface area contributed by atoms with E-state index in [2.05, 4.69) is 15.3 Å². The lowest BCUT2D eigenvalue weighted by Gasteiger charge is -2.06. The normalized spacial score (nSPS) is 10.3. The van der Waals surface area contributed by atoms with Crippen molar-refractivity contribution in [1.82, 2.24) is 9.97 Å². The number of aryl methyl sites for hydroxylation is 2. The van der Waals surface area contributed by atoms with E-state index in [1.165, 1.54) is 0 Å². The summed E-state index contributed by atoms with van der Waals surface area (Å²) in [7, 11) is 0. The van der Waals surface area contributed by atoms with E-state index >= 15 is 0 Å². The lowest BCUT2D eigenvalue weighted by molar-refractivity contribution is 1.24. The Morgan fingerprint density at radius 3 is 2.80 bits per heavy atom. The van der Waals surface area contributed by atoms with Crippen LogP contribution in [0.5, 0.6) is 0 Å².